The minimum Gasteiger partial charge on any atom is -0.356 e. The van der Waals surface area contributed by atoms with Gasteiger partial charge in [0.15, 0.2) is 5.69 Å². The lowest BCUT2D eigenvalue weighted by atomic mass is 10.1. The van der Waals surface area contributed by atoms with Crippen molar-refractivity contribution in [3.8, 4) is 5.69 Å². The van der Waals surface area contributed by atoms with E-state index >= 15 is 0 Å². The van der Waals surface area contributed by atoms with Gasteiger partial charge >= 0.3 is 6.18 Å². The number of halogens is 3. The minimum atomic E-state index is -4.48. The molecule has 9 heteroatoms. The summed E-state index contributed by atoms with van der Waals surface area (Å²) < 4.78 is 39.3. The number of carbonyl (C=O) groups is 1. The summed E-state index contributed by atoms with van der Waals surface area (Å²) in [6, 6.07) is 11.3. The molecule has 3 heterocycles. The van der Waals surface area contributed by atoms with Crippen molar-refractivity contribution in [3.63, 3.8) is 0 Å². The molecule has 3 aromatic rings. The number of aromatic nitrogens is 3. The molecule has 162 valence electrons. The van der Waals surface area contributed by atoms with Crippen molar-refractivity contribution in [2.75, 3.05) is 18.0 Å². The number of anilines is 1. The number of nitrogens with one attached hydrogen (secondary N) is 1. The molecule has 4 rings (SSSR count). The van der Waals surface area contributed by atoms with Gasteiger partial charge in [0.2, 0.25) is 0 Å². The first kappa shape index (κ1) is 20.9. The van der Waals surface area contributed by atoms with E-state index in [0.717, 1.165) is 37.6 Å². The lowest BCUT2D eigenvalue weighted by Gasteiger charge is -2.29. The van der Waals surface area contributed by atoms with Crippen molar-refractivity contribution >= 4 is 11.7 Å². The van der Waals surface area contributed by atoms with E-state index in [4.69, 9.17) is 0 Å². The fraction of sp³-hybridized carbons (Fsp3) is 0.318. The molecule has 2 aromatic heterocycles. The van der Waals surface area contributed by atoms with Crippen LogP contribution < -0.4 is 10.2 Å². The van der Waals surface area contributed by atoms with Gasteiger partial charge in [-0.1, -0.05) is 12.1 Å². The standard InChI is InChI=1S/C22H22F3N5O/c23-22(24,25)19-10-14-30(28-19)17-8-6-16(7-9-17)15-27-21(31)18-5-4-11-26-20(18)29-12-2-1-3-13-29/h4-11,14H,1-3,12-13,15H2,(H,27,31). The Labute approximate surface area is 177 Å². The van der Waals surface area contributed by atoms with Crippen LogP contribution in [-0.4, -0.2) is 33.8 Å². The molecule has 0 bridgehead atoms. The summed E-state index contributed by atoms with van der Waals surface area (Å²) in [5.41, 5.74) is 0.927. The second-order valence-electron chi connectivity index (χ2n) is 7.41. The van der Waals surface area contributed by atoms with E-state index in [2.05, 4.69) is 20.3 Å². The highest BCUT2D eigenvalue weighted by Crippen LogP contribution is 2.28. The molecule has 0 unspecified atom stereocenters. The molecule has 0 aliphatic carbocycles. The maximum atomic E-state index is 12.8. The topological polar surface area (TPSA) is 63.1 Å². The summed E-state index contributed by atoms with van der Waals surface area (Å²) in [5, 5.41) is 6.46. The van der Waals surface area contributed by atoms with E-state index in [1.165, 1.54) is 17.3 Å². The van der Waals surface area contributed by atoms with Gasteiger partial charge in [0.1, 0.15) is 5.82 Å². The lowest BCUT2D eigenvalue weighted by Crippen LogP contribution is -2.33. The van der Waals surface area contributed by atoms with Gasteiger partial charge in [0.05, 0.1) is 11.3 Å². The van der Waals surface area contributed by atoms with Gasteiger partial charge in [-0.25, -0.2) is 9.67 Å². The predicted molar refractivity (Wildman–Crippen MR) is 110 cm³/mol. The molecule has 1 N–H and O–H groups in total. The average molecular weight is 429 g/mol. The van der Waals surface area contributed by atoms with Gasteiger partial charge in [0, 0.05) is 32.0 Å². The number of alkyl halides is 3. The van der Waals surface area contributed by atoms with Crippen LogP contribution in [0.2, 0.25) is 0 Å². The Bertz CT molecular complexity index is 1040. The van der Waals surface area contributed by atoms with Crippen LogP contribution in [0.25, 0.3) is 5.69 Å². The highest BCUT2D eigenvalue weighted by atomic mass is 19.4. The molecule has 1 saturated heterocycles. The Morgan fingerprint density at radius 2 is 1.77 bits per heavy atom. The Kier molecular flexibility index (Phi) is 5.92. The largest absolute Gasteiger partial charge is 0.435 e. The van der Waals surface area contributed by atoms with Crippen molar-refractivity contribution in [1.82, 2.24) is 20.1 Å². The zero-order valence-electron chi connectivity index (χ0n) is 16.8. The molecule has 1 fully saturated rings. The molecule has 0 saturated carbocycles. The number of amides is 1. The van der Waals surface area contributed by atoms with Gasteiger partial charge in [-0.15, -0.1) is 0 Å². The second-order valence-corrected chi connectivity index (χ2v) is 7.41. The summed E-state index contributed by atoms with van der Waals surface area (Å²) >= 11 is 0. The molecule has 1 aliphatic rings. The third-order valence-electron chi connectivity index (χ3n) is 5.22. The van der Waals surface area contributed by atoms with Crippen LogP contribution in [0.15, 0.2) is 54.9 Å². The maximum Gasteiger partial charge on any atom is 0.435 e. The van der Waals surface area contributed by atoms with Crippen LogP contribution in [0.4, 0.5) is 19.0 Å². The molecule has 1 aromatic carbocycles. The quantitative estimate of drug-likeness (QED) is 0.660. The van der Waals surface area contributed by atoms with Gasteiger partial charge in [-0.3, -0.25) is 4.79 Å². The summed E-state index contributed by atoms with van der Waals surface area (Å²) in [7, 11) is 0. The number of hydrogen-bond donors (Lipinski definition) is 1. The monoisotopic (exact) mass is 429 g/mol. The summed E-state index contributed by atoms with van der Waals surface area (Å²) in [6.45, 7) is 2.07. The molecule has 1 aliphatic heterocycles. The van der Waals surface area contributed by atoms with Crippen molar-refractivity contribution < 1.29 is 18.0 Å². The third kappa shape index (κ3) is 4.87. The molecule has 1 amide bonds. The van der Waals surface area contributed by atoms with Crippen LogP contribution in [-0.2, 0) is 12.7 Å². The molecule has 0 radical (unpaired) electrons. The number of carbonyl (C=O) groups excluding carboxylic acids is 1. The van der Waals surface area contributed by atoms with E-state index in [-0.39, 0.29) is 5.91 Å². The van der Waals surface area contributed by atoms with E-state index in [1.54, 1.807) is 42.6 Å². The average Bonchev–Trinajstić information content (AvgIpc) is 3.29. The van der Waals surface area contributed by atoms with Crippen molar-refractivity contribution in [1.29, 1.82) is 0 Å². The van der Waals surface area contributed by atoms with Crippen LogP contribution in [0, 0.1) is 0 Å². The van der Waals surface area contributed by atoms with Crippen molar-refractivity contribution in [2.24, 2.45) is 0 Å². The Hall–Kier alpha value is -3.36. The van der Waals surface area contributed by atoms with Gasteiger partial charge in [-0.05, 0) is 55.2 Å². The first-order valence-electron chi connectivity index (χ1n) is 10.1. The fourth-order valence-corrected chi connectivity index (χ4v) is 3.59. The van der Waals surface area contributed by atoms with Crippen molar-refractivity contribution in [3.05, 3.63) is 71.7 Å². The number of piperidine rings is 1. The van der Waals surface area contributed by atoms with E-state index in [1.807, 2.05) is 0 Å². The Balaban J connectivity index is 1.41. The smallest absolute Gasteiger partial charge is 0.356 e. The van der Waals surface area contributed by atoms with Crippen molar-refractivity contribution in [2.45, 2.75) is 32.0 Å². The lowest BCUT2D eigenvalue weighted by molar-refractivity contribution is -0.141. The SMILES string of the molecule is O=C(NCc1ccc(-n2ccc(C(F)(F)F)n2)cc1)c1cccnc1N1CCCCC1. The maximum absolute atomic E-state index is 12.8. The minimum absolute atomic E-state index is 0.209. The zero-order valence-corrected chi connectivity index (χ0v) is 16.8. The molecule has 6 nitrogen and oxygen atoms in total. The highest BCUT2D eigenvalue weighted by Gasteiger charge is 2.33. The second kappa shape index (κ2) is 8.79. The first-order chi connectivity index (χ1) is 14.9. The van der Waals surface area contributed by atoms with Crippen LogP contribution in [0.1, 0.15) is 40.9 Å². The first-order valence-corrected chi connectivity index (χ1v) is 10.1. The molecule has 0 atom stereocenters. The molecular formula is C22H22F3N5O. The normalized spacial score (nSPS) is 14.5. The molecule has 0 spiro atoms. The molecular weight excluding hydrogens is 407 g/mol. The Morgan fingerprint density at radius 1 is 1.03 bits per heavy atom. The summed E-state index contributed by atoms with van der Waals surface area (Å²) in [5.74, 6) is 0.494. The summed E-state index contributed by atoms with van der Waals surface area (Å²) in [6.07, 6.45) is 1.85. The predicted octanol–water partition coefficient (Wildman–Crippen LogP) is 4.21. The number of hydrogen-bond acceptors (Lipinski definition) is 4. The number of pyridine rings is 1. The van der Waals surface area contributed by atoms with Crippen LogP contribution in [0.5, 0.6) is 0 Å². The van der Waals surface area contributed by atoms with Crippen LogP contribution in [0.3, 0.4) is 0 Å². The van der Waals surface area contributed by atoms with Crippen LogP contribution >= 0.6 is 0 Å². The highest BCUT2D eigenvalue weighted by molar-refractivity contribution is 5.98. The fourth-order valence-electron chi connectivity index (χ4n) is 3.59. The Morgan fingerprint density at radius 3 is 2.45 bits per heavy atom. The van der Waals surface area contributed by atoms with Gasteiger partial charge in [-0.2, -0.15) is 18.3 Å². The number of nitrogens with zero attached hydrogens (tertiary/aromatic N) is 4. The number of benzene rings is 1. The van der Waals surface area contributed by atoms with E-state index in [0.29, 0.717) is 23.6 Å². The summed E-state index contributed by atoms with van der Waals surface area (Å²) in [4.78, 5) is 19.3. The third-order valence-corrected chi connectivity index (χ3v) is 5.22. The van der Waals surface area contributed by atoms with E-state index in [9.17, 15) is 18.0 Å². The van der Waals surface area contributed by atoms with Gasteiger partial charge < -0.3 is 10.2 Å². The molecule has 31 heavy (non-hydrogen) atoms. The van der Waals surface area contributed by atoms with E-state index < -0.39 is 11.9 Å². The zero-order chi connectivity index (χ0) is 21.8. The number of rotatable bonds is 5. The van der Waals surface area contributed by atoms with Gasteiger partial charge in [0.25, 0.3) is 5.91 Å².